The summed E-state index contributed by atoms with van der Waals surface area (Å²) in [5.74, 6) is 1.13. The maximum atomic E-state index is 13.9. The summed E-state index contributed by atoms with van der Waals surface area (Å²) in [4.78, 5) is 16.6. The van der Waals surface area contributed by atoms with Crippen LogP contribution in [0.15, 0.2) is 83.4 Å². The van der Waals surface area contributed by atoms with Gasteiger partial charge in [-0.2, -0.15) is 0 Å². The Hall–Kier alpha value is -3.64. The molecule has 0 spiro atoms. The number of anilines is 1. The number of benzene rings is 3. The molecule has 1 amide bonds. The van der Waals surface area contributed by atoms with Gasteiger partial charge in [-0.15, -0.1) is 0 Å². The van der Waals surface area contributed by atoms with Crippen molar-refractivity contribution in [3.05, 3.63) is 95.7 Å². The predicted octanol–water partition coefficient (Wildman–Crippen LogP) is 6.50. The van der Waals surface area contributed by atoms with Crippen LogP contribution in [0.5, 0.6) is 11.5 Å². The Morgan fingerprint density at radius 1 is 1.06 bits per heavy atom. The van der Waals surface area contributed by atoms with Gasteiger partial charge in [-0.3, -0.25) is 4.79 Å². The summed E-state index contributed by atoms with van der Waals surface area (Å²) in [7, 11) is 0. The highest BCUT2D eigenvalue weighted by Crippen LogP contribution is 2.32. The fourth-order valence-corrected chi connectivity index (χ4v) is 3.12. The van der Waals surface area contributed by atoms with Crippen molar-refractivity contribution >= 4 is 23.2 Å². The maximum absolute atomic E-state index is 13.9. The molecule has 0 atom stereocenters. The molecule has 1 heterocycles. The van der Waals surface area contributed by atoms with Crippen LogP contribution >= 0.6 is 11.6 Å². The van der Waals surface area contributed by atoms with E-state index in [1.807, 2.05) is 30.3 Å². The van der Waals surface area contributed by atoms with Crippen LogP contribution < -0.4 is 10.1 Å². The van der Waals surface area contributed by atoms with Crippen LogP contribution in [-0.4, -0.2) is 10.9 Å². The quantitative estimate of drug-likeness (QED) is 0.359. The second-order valence-corrected chi connectivity index (χ2v) is 7.14. The Kier molecular flexibility index (Phi) is 6.29. The van der Waals surface area contributed by atoms with Crippen molar-refractivity contribution in [1.82, 2.24) is 4.98 Å². The Bertz CT molecular complexity index is 1190. The molecule has 1 aromatic heterocycles. The highest BCUT2D eigenvalue weighted by atomic mass is 35.5. The van der Waals surface area contributed by atoms with Crippen molar-refractivity contribution in [2.45, 2.75) is 12.8 Å². The monoisotopic (exact) mass is 436 g/mol. The number of para-hydroxylation sites is 1. The molecule has 0 bridgehead atoms. The van der Waals surface area contributed by atoms with E-state index in [0.29, 0.717) is 39.4 Å². The van der Waals surface area contributed by atoms with Gasteiger partial charge in [-0.25, -0.2) is 9.37 Å². The number of aromatic nitrogens is 1. The summed E-state index contributed by atoms with van der Waals surface area (Å²) >= 11 is 6.09. The lowest BCUT2D eigenvalue weighted by Crippen LogP contribution is -2.13. The minimum absolute atomic E-state index is 0.120. The van der Waals surface area contributed by atoms with Gasteiger partial charge in [0.1, 0.15) is 11.6 Å². The summed E-state index contributed by atoms with van der Waals surface area (Å²) in [6.07, 6.45) is 1.83. The van der Waals surface area contributed by atoms with Crippen LogP contribution in [0.3, 0.4) is 0 Å². The summed E-state index contributed by atoms with van der Waals surface area (Å²) in [5, 5.41) is 3.28. The van der Waals surface area contributed by atoms with Crippen LogP contribution in [-0.2, 0) is 11.2 Å². The third-order valence-corrected chi connectivity index (χ3v) is 4.68. The zero-order valence-electron chi connectivity index (χ0n) is 16.3. The van der Waals surface area contributed by atoms with E-state index in [1.54, 1.807) is 36.4 Å². The third-order valence-electron chi connectivity index (χ3n) is 4.45. The largest absolute Gasteiger partial charge is 0.455 e. The number of hydrogen-bond donors (Lipinski definition) is 1. The average molecular weight is 437 g/mol. The fraction of sp³-hybridized carbons (Fsp3) is 0.0833. The standard InChI is InChI=1S/C24H18ClFN2O3/c25-16-10-11-21(30-17-6-2-1-3-7-17)20(14-16)28-23(29)12-13-24-27-15-22(31-24)18-8-4-5-9-19(18)26/h1-11,14-15H,12-13H2,(H,28,29). The molecule has 0 aliphatic carbocycles. The van der Waals surface area contributed by atoms with Gasteiger partial charge in [0, 0.05) is 17.9 Å². The lowest BCUT2D eigenvalue weighted by atomic mass is 10.2. The van der Waals surface area contributed by atoms with Gasteiger partial charge < -0.3 is 14.5 Å². The molecule has 0 fully saturated rings. The number of rotatable bonds is 7. The number of nitrogens with one attached hydrogen (secondary N) is 1. The maximum Gasteiger partial charge on any atom is 0.224 e. The van der Waals surface area contributed by atoms with E-state index in [2.05, 4.69) is 10.3 Å². The van der Waals surface area contributed by atoms with Gasteiger partial charge in [-0.05, 0) is 42.5 Å². The molecular formula is C24H18ClFN2O3. The Labute approximate surface area is 183 Å². The second kappa shape index (κ2) is 9.45. The van der Waals surface area contributed by atoms with Crippen molar-refractivity contribution in [3.8, 4) is 22.8 Å². The molecule has 4 rings (SSSR count). The molecule has 0 saturated heterocycles. The van der Waals surface area contributed by atoms with E-state index >= 15 is 0 Å². The zero-order valence-corrected chi connectivity index (χ0v) is 17.1. The van der Waals surface area contributed by atoms with Crippen molar-refractivity contribution in [2.75, 3.05) is 5.32 Å². The molecule has 0 aliphatic rings. The van der Waals surface area contributed by atoms with Crippen molar-refractivity contribution in [2.24, 2.45) is 0 Å². The number of hydrogen-bond acceptors (Lipinski definition) is 4. The van der Waals surface area contributed by atoms with Gasteiger partial charge in [0.15, 0.2) is 17.4 Å². The highest BCUT2D eigenvalue weighted by Gasteiger charge is 2.14. The summed E-state index contributed by atoms with van der Waals surface area (Å²) in [6, 6.07) is 20.5. The number of carbonyl (C=O) groups excluding carboxylic acids is 1. The summed E-state index contributed by atoms with van der Waals surface area (Å²) in [6.45, 7) is 0. The molecule has 0 aliphatic heterocycles. The Balaban J connectivity index is 1.40. The molecule has 0 radical (unpaired) electrons. The molecule has 0 unspecified atom stereocenters. The smallest absolute Gasteiger partial charge is 0.224 e. The van der Waals surface area contributed by atoms with Crippen LogP contribution in [0.25, 0.3) is 11.3 Å². The molecule has 4 aromatic rings. The molecular weight excluding hydrogens is 419 g/mol. The normalized spacial score (nSPS) is 10.6. The Morgan fingerprint density at radius 3 is 2.65 bits per heavy atom. The Morgan fingerprint density at radius 2 is 1.84 bits per heavy atom. The van der Waals surface area contributed by atoms with Crippen molar-refractivity contribution < 1.29 is 18.3 Å². The number of oxazole rings is 1. The first kappa shape index (κ1) is 20.6. The van der Waals surface area contributed by atoms with E-state index in [9.17, 15) is 9.18 Å². The molecule has 7 heteroatoms. The number of aryl methyl sites for hydroxylation is 1. The van der Waals surface area contributed by atoms with Crippen molar-refractivity contribution in [1.29, 1.82) is 0 Å². The predicted molar refractivity (Wildman–Crippen MR) is 117 cm³/mol. The number of nitrogens with zero attached hydrogens (tertiary/aromatic N) is 1. The molecule has 3 aromatic carbocycles. The molecule has 5 nitrogen and oxygen atoms in total. The van der Waals surface area contributed by atoms with Crippen LogP contribution in [0.4, 0.5) is 10.1 Å². The first-order chi connectivity index (χ1) is 15.1. The SMILES string of the molecule is O=C(CCc1ncc(-c2ccccc2F)o1)Nc1cc(Cl)ccc1Oc1ccccc1. The van der Waals surface area contributed by atoms with E-state index in [1.165, 1.54) is 12.3 Å². The van der Waals surface area contributed by atoms with Crippen LogP contribution in [0.1, 0.15) is 12.3 Å². The van der Waals surface area contributed by atoms with E-state index in [4.69, 9.17) is 20.8 Å². The molecule has 156 valence electrons. The lowest BCUT2D eigenvalue weighted by Gasteiger charge is -2.12. The number of ether oxygens (including phenoxy) is 1. The summed E-state index contributed by atoms with van der Waals surface area (Å²) in [5.41, 5.74) is 0.785. The van der Waals surface area contributed by atoms with Crippen LogP contribution in [0, 0.1) is 5.82 Å². The van der Waals surface area contributed by atoms with Gasteiger partial charge in [0.05, 0.1) is 17.4 Å². The van der Waals surface area contributed by atoms with Crippen molar-refractivity contribution in [3.63, 3.8) is 0 Å². The van der Waals surface area contributed by atoms with Gasteiger partial charge >= 0.3 is 0 Å². The molecule has 31 heavy (non-hydrogen) atoms. The van der Waals surface area contributed by atoms with Crippen LogP contribution in [0.2, 0.25) is 5.02 Å². The topological polar surface area (TPSA) is 64.4 Å². The fourth-order valence-electron chi connectivity index (χ4n) is 2.95. The minimum Gasteiger partial charge on any atom is -0.455 e. The first-order valence-electron chi connectivity index (χ1n) is 9.60. The molecule has 0 saturated carbocycles. The number of halogens is 2. The summed E-state index contributed by atoms with van der Waals surface area (Å²) < 4.78 is 25.3. The average Bonchev–Trinajstić information content (AvgIpc) is 3.24. The lowest BCUT2D eigenvalue weighted by molar-refractivity contribution is -0.116. The van der Waals surface area contributed by atoms with E-state index in [-0.39, 0.29) is 18.7 Å². The highest BCUT2D eigenvalue weighted by molar-refractivity contribution is 6.31. The second-order valence-electron chi connectivity index (χ2n) is 6.70. The minimum atomic E-state index is -0.394. The number of amides is 1. The first-order valence-corrected chi connectivity index (χ1v) is 9.98. The van der Waals surface area contributed by atoms with Gasteiger partial charge in [0.25, 0.3) is 0 Å². The molecule has 1 N–H and O–H groups in total. The van der Waals surface area contributed by atoms with Gasteiger partial charge in [-0.1, -0.05) is 41.9 Å². The zero-order chi connectivity index (χ0) is 21.6. The van der Waals surface area contributed by atoms with E-state index in [0.717, 1.165) is 0 Å². The third kappa shape index (κ3) is 5.29. The van der Waals surface area contributed by atoms with Gasteiger partial charge in [0.2, 0.25) is 5.91 Å². The number of carbonyl (C=O) groups is 1. The van der Waals surface area contributed by atoms with E-state index < -0.39 is 5.82 Å².